The number of carbonyl (C=O) groups is 1. The third-order valence-corrected chi connectivity index (χ3v) is 9.63. The zero-order valence-corrected chi connectivity index (χ0v) is 25.6. The number of hydrogen-bond donors (Lipinski definition) is 2. The highest BCUT2D eigenvalue weighted by molar-refractivity contribution is 5.86. The van der Waals surface area contributed by atoms with Gasteiger partial charge in [-0.2, -0.15) is 0 Å². The van der Waals surface area contributed by atoms with Gasteiger partial charge in [-0.1, -0.05) is 6.07 Å². The van der Waals surface area contributed by atoms with Crippen LogP contribution in [-0.2, 0) is 17.4 Å². The Hall–Kier alpha value is -3.65. The highest BCUT2D eigenvalue weighted by Gasteiger charge is 2.61. The zero-order chi connectivity index (χ0) is 30.7. The van der Waals surface area contributed by atoms with E-state index in [2.05, 4.69) is 5.32 Å². The van der Waals surface area contributed by atoms with E-state index in [1.807, 2.05) is 6.07 Å². The lowest BCUT2D eigenvalue weighted by atomic mass is 9.44. The van der Waals surface area contributed by atoms with E-state index in [9.17, 15) is 19.1 Å². The van der Waals surface area contributed by atoms with Crippen molar-refractivity contribution in [3.05, 3.63) is 75.5 Å². The van der Waals surface area contributed by atoms with E-state index in [-0.39, 0.29) is 34.8 Å². The summed E-state index contributed by atoms with van der Waals surface area (Å²) in [5.41, 5.74) is 1.87. The van der Waals surface area contributed by atoms with Gasteiger partial charge in [-0.3, -0.25) is 9.59 Å². The molecule has 2 bridgehead atoms. The monoisotopic (exact) mass is 588 g/mol. The van der Waals surface area contributed by atoms with Gasteiger partial charge in [0.2, 0.25) is 5.91 Å². The number of nitrogens with zero attached hydrogens (tertiary/aromatic N) is 1. The molecule has 7 rings (SSSR count). The molecule has 7 nitrogen and oxygen atoms in total. The van der Waals surface area contributed by atoms with Crippen molar-refractivity contribution < 1.29 is 23.8 Å². The fraction of sp³-hybridized carbons (Fsp3) is 0.486. The van der Waals surface area contributed by atoms with Gasteiger partial charge in [-0.15, -0.1) is 0 Å². The first kappa shape index (κ1) is 29.4. The average molecular weight is 589 g/mol. The molecule has 3 aromatic rings. The topological polar surface area (TPSA) is 89.8 Å². The normalized spacial score (nSPS) is 24.5. The molecule has 4 fully saturated rings. The number of rotatable bonds is 8. The minimum absolute atomic E-state index is 0.0839. The molecule has 0 atom stereocenters. The quantitative estimate of drug-likeness (QED) is 0.316. The Morgan fingerprint density at radius 2 is 1.65 bits per heavy atom. The lowest BCUT2D eigenvalue weighted by Gasteiger charge is -2.60. The maximum absolute atomic E-state index is 14.0. The van der Waals surface area contributed by atoms with E-state index in [1.54, 1.807) is 53.1 Å². The summed E-state index contributed by atoms with van der Waals surface area (Å²) in [4.78, 5) is 25.6. The third-order valence-electron chi connectivity index (χ3n) is 9.63. The van der Waals surface area contributed by atoms with Crippen molar-refractivity contribution in [2.75, 3.05) is 0 Å². The van der Waals surface area contributed by atoms with Crippen molar-refractivity contribution >= 4 is 5.91 Å². The molecule has 0 aliphatic heterocycles. The molecule has 0 spiro atoms. The van der Waals surface area contributed by atoms with Crippen LogP contribution in [-0.4, -0.2) is 27.7 Å². The van der Waals surface area contributed by atoms with E-state index in [0.717, 1.165) is 50.9 Å². The first-order chi connectivity index (χ1) is 20.3. The van der Waals surface area contributed by atoms with E-state index >= 15 is 0 Å². The fourth-order valence-electron chi connectivity index (χ4n) is 6.89. The van der Waals surface area contributed by atoms with E-state index in [4.69, 9.17) is 9.47 Å². The lowest BCUT2D eigenvalue weighted by Crippen LogP contribution is -2.61. The number of carbonyl (C=O) groups excluding carboxylic acids is 1. The van der Waals surface area contributed by atoms with Crippen molar-refractivity contribution in [3.63, 3.8) is 0 Å². The summed E-state index contributed by atoms with van der Waals surface area (Å²) in [7, 11) is 1.68. The van der Waals surface area contributed by atoms with Crippen LogP contribution in [0.1, 0.15) is 75.5 Å². The summed E-state index contributed by atoms with van der Waals surface area (Å²) < 4.78 is 28.5. The van der Waals surface area contributed by atoms with Crippen LogP contribution >= 0.6 is 0 Å². The second kappa shape index (κ2) is 10.8. The number of aromatic nitrogens is 1. The van der Waals surface area contributed by atoms with Gasteiger partial charge in [0.05, 0.1) is 11.7 Å². The highest BCUT2D eigenvalue weighted by atomic mass is 19.1. The van der Waals surface area contributed by atoms with Crippen molar-refractivity contribution in [1.29, 1.82) is 0 Å². The number of halogens is 1. The van der Waals surface area contributed by atoms with Crippen molar-refractivity contribution in [2.45, 2.75) is 90.4 Å². The smallest absolute Gasteiger partial charge is 0.254 e. The van der Waals surface area contributed by atoms with Crippen LogP contribution < -0.4 is 20.3 Å². The van der Waals surface area contributed by atoms with Crippen LogP contribution in [0.3, 0.4) is 0 Å². The molecule has 1 aromatic heterocycles. The SMILES string of the molecule is Cc1cc(F)cc(C)c1Oc1ccc(C(C)(C)O)cc1-c1cn(C)c(=O)cc1O[C@H]1CC[C@H](NC(=O)C23CC(C2)C3)CC1. The first-order valence-electron chi connectivity index (χ1n) is 15.3. The van der Waals surface area contributed by atoms with Crippen LogP contribution in [0, 0.1) is 31.0 Å². The predicted octanol–water partition coefficient (Wildman–Crippen LogP) is 6.43. The molecule has 8 heteroatoms. The standard InChI is InChI=1S/C35H41FN2O5/c1-20-12-24(36)13-21(2)32(20)43-29-11-6-23(34(3,4)41)14-27(29)28-19-38(5)31(39)15-30(28)42-26-9-7-25(8-10-26)37-33(40)35-16-22(17-35)18-35/h6,11-15,19,22,25-26,41H,7-10,16-18H2,1-5H3,(H,37,40)/t22?,25-,26-,35?. The van der Waals surface area contributed by atoms with Crippen LogP contribution in [0.2, 0.25) is 0 Å². The maximum Gasteiger partial charge on any atom is 0.254 e. The molecule has 1 heterocycles. The molecule has 1 amide bonds. The summed E-state index contributed by atoms with van der Waals surface area (Å²) in [6.45, 7) is 7.02. The first-order valence-corrected chi connectivity index (χ1v) is 15.3. The second-order valence-corrected chi connectivity index (χ2v) is 13.6. The molecule has 2 N–H and O–H groups in total. The van der Waals surface area contributed by atoms with E-state index < -0.39 is 5.60 Å². The van der Waals surface area contributed by atoms with Gasteiger partial charge in [0.1, 0.15) is 23.1 Å². The van der Waals surface area contributed by atoms with Crippen molar-refractivity contribution in [1.82, 2.24) is 9.88 Å². The number of aliphatic hydroxyl groups is 1. The number of amides is 1. The molecular weight excluding hydrogens is 547 g/mol. The fourth-order valence-corrected chi connectivity index (χ4v) is 6.89. The van der Waals surface area contributed by atoms with Gasteiger partial charge >= 0.3 is 0 Å². The Morgan fingerprint density at radius 3 is 2.23 bits per heavy atom. The molecule has 4 aliphatic carbocycles. The van der Waals surface area contributed by atoms with Gasteiger partial charge < -0.3 is 24.5 Å². The molecule has 43 heavy (non-hydrogen) atoms. The second-order valence-electron chi connectivity index (χ2n) is 13.6. The van der Waals surface area contributed by atoms with E-state index in [1.165, 1.54) is 22.8 Å². The number of benzene rings is 2. The Morgan fingerprint density at radius 1 is 1.00 bits per heavy atom. The predicted molar refractivity (Wildman–Crippen MR) is 163 cm³/mol. The molecular formula is C35H41FN2O5. The molecule has 0 saturated heterocycles. The zero-order valence-electron chi connectivity index (χ0n) is 25.6. The lowest BCUT2D eigenvalue weighted by molar-refractivity contribution is -0.166. The molecule has 0 unspecified atom stereocenters. The average Bonchev–Trinajstić information content (AvgIpc) is 2.87. The van der Waals surface area contributed by atoms with Gasteiger partial charge in [0.25, 0.3) is 5.56 Å². The summed E-state index contributed by atoms with van der Waals surface area (Å²) in [6, 6.07) is 9.96. The molecule has 4 aliphatic rings. The Labute approximate surface area is 252 Å². The molecule has 0 radical (unpaired) electrons. The summed E-state index contributed by atoms with van der Waals surface area (Å²) >= 11 is 0. The van der Waals surface area contributed by atoms with Gasteiger partial charge in [0.15, 0.2) is 0 Å². The number of aryl methyl sites for hydroxylation is 3. The Kier molecular flexibility index (Phi) is 7.40. The van der Waals surface area contributed by atoms with Crippen LogP contribution in [0.5, 0.6) is 17.2 Å². The van der Waals surface area contributed by atoms with Crippen LogP contribution in [0.25, 0.3) is 11.1 Å². The van der Waals surface area contributed by atoms with Gasteiger partial charge in [0, 0.05) is 41.9 Å². The largest absolute Gasteiger partial charge is 0.490 e. The molecule has 228 valence electrons. The minimum atomic E-state index is -1.13. The van der Waals surface area contributed by atoms with Gasteiger partial charge in [-0.05, 0) is 120 Å². The van der Waals surface area contributed by atoms with Gasteiger partial charge in [-0.25, -0.2) is 4.39 Å². The van der Waals surface area contributed by atoms with E-state index in [0.29, 0.717) is 45.1 Å². The minimum Gasteiger partial charge on any atom is -0.490 e. The number of nitrogens with one attached hydrogen (secondary N) is 1. The highest BCUT2D eigenvalue weighted by Crippen LogP contribution is 2.64. The third kappa shape index (κ3) is 5.69. The Bertz CT molecular complexity index is 1590. The van der Waals surface area contributed by atoms with Crippen LogP contribution in [0.4, 0.5) is 4.39 Å². The molecule has 2 aromatic carbocycles. The summed E-state index contributed by atoms with van der Waals surface area (Å²) in [6.07, 6.45) is 7.92. The van der Waals surface area contributed by atoms with Crippen molar-refractivity contribution in [3.8, 4) is 28.4 Å². The maximum atomic E-state index is 14.0. The Balaban J connectivity index is 1.29. The number of pyridine rings is 1. The molecule has 4 saturated carbocycles. The van der Waals surface area contributed by atoms with Crippen molar-refractivity contribution in [2.24, 2.45) is 18.4 Å². The number of ether oxygens (including phenoxy) is 2. The number of hydrogen-bond acceptors (Lipinski definition) is 5. The van der Waals surface area contributed by atoms with Crippen LogP contribution in [0.15, 0.2) is 47.4 Å². The summed E-state index contributed by atoms with van der Waals surface area (Å²) in [5, 5.41) is 14.1. The summed E-state index contributed by atoms with van der Waals surface area (Å²) in [5.74, 6) is 2.14.